The summed E-state index contributed by atoms with van der Waals surface area (Å²) in [6.45, 7) is 1.61. The number of aromatic amines is 1. The average Bonchev–Trinajstić information content (AvgIpc) is 3.25. The zero-order valence-corrected chi connectivity index (χ0v) is 17.7. The molecule has 3 aromatic rings. The summed E-state index contributed by atoms with van der Waals surface area (Å²) in [5.41, 5.74) is 1.39. The van der Waals surface area contributed by atoms with E-state index < -0.39 is 0 Å². The molecule has 30 heavy (non-hydrogen) atoms. The summed E-state index contributed by atoms with van der Waals surface area (Å²) >= 11 is 1.27. The minimum atomic E-state index is -0.346. The number of ether oxygens (including phenoxy) is 2. The molecule has 0 radical (unpaired) electrons. The third-order valence-corrected chi connectivity index (χ3v) is 6.00. The molecule has 4 rings (SSSR count). The lowest BCUT2D eigenvalue weighted by Crippen LogP contribution is -2.36. The van der Waals surface area contributed by atoms with Gasteiger partial charge in [0.25, 0.3) is 5.56 Å². The van der Waals surface area contributed by atoms with E-state index in [1.54, 1.807) is 32.4 Å². The number of methoxy groups -OCH3 is 2. The molecular weight excluding hydrogens is 406 g/mol. The number of carbonyl (C=O) groups is 1. The van der Waals surface area contributed by atoms with Crippen LogP contribution in [-0.2, 0) is 4.79 Å². The van der Waals surface area contributed by atoms with Gasteiger partial charge in [0.1, 0.15) is 5.52 Å². The Morgan fingerprint density at radius 1 is 1.13 bits per heavy atom. The lowest BCUT2D eigenvalue weighted by Gasteiger charge is -2.26. The lowest BCUT2D eigenvalue weighted by atomic mass is 10.1. The first-order valence-corrected chi connectivity index (χ1v) is 10.7. The number of likely N-dealkylation sites (tertiary alicyclic amines) is 1. The summed E-state index contributed by atoms with van der Waals surface area (Å²) in [6.07, 6.45) is 3.27. The molecule has 0 atom stereocenters. The van der Waals surface area contributed by atoms with Gasteiger partial charge in [0.15, 0.2) is 11.5 Å². The zero-order valence-electron chi connectivity index (χ0n) is 16.9. The van der Waals surface area contributed by atoms with Crippen LogP contribution in [0.25, 0.3) is 16.8 Å². The fourth-order valence-corrected chi connectivity index (χ4v) is 4.29. The highest BCUT2D eigenvalue weighted by Crippen LogP contribution is 2.32. The van der Waals surface area contributed by atoms with Crippen LogP contribution < -0.4 is 15.0 Å². The van der Waals surface area contributed by atoms with Gasteiger partial charge in [-0.15, -0.1) is 5.10 Å². The molecule has 1 aromatic carbocycles. The highest BCUT2D eigenvalue weighted by atomic mass is 32.2. The van der Waals surface area contributed by atoms with Crippen molar-refractivity contribution in [2.75, 3.05) is 33.1 Å². The molecule has 3 heterocycles. The van der Waals surface area contributed by atoms with Crippen molar-refractivity contribution in [1.82, 2.24) is 24.7 Å². The molecule has 10 heteroatoms. The SMILES string of the molecule is COc1ccc(-c2cc3c(=O)[nH]nc(SCC(=O)N4CCCCC4)n3n2)cc1OC. The summed E-state index contributed by atoms with van der Waals surface area (Å²) in [4.78, 5) is 26.6. The first-order chi connectivity index (χ1) is 14.6. The van der Waals surface area contributed by atoms with Crippen LogP contribution in [0.5, 0.6) is 11.5 Å². The van der Waals surface area contributed by atoms with Crippen molar-refractivity contribution in [3.8, 4) is 22.8 Å². The number of aromatic nitrogens is 4. The summed E-state index contributed by atoms with van der Waals surface area (Å²) < 4.78 is 12.1. The van der Waals surface area contributed by atoms with Gasteiger partial charge in [-0.3, -0.25) is 9.59 Å². The second-order valence-corrected chi connectivity index (χ2v) is 7.90. The number of hydrogen-bond donors (Lipinski definition) is 1. The number of thioether (sulfide) groups is 1. The molecule has 1 aliphatic rings. The van der Waals surface area contributed by atoms with E-state index in [9.17, 15) is 9.59 Å². The molecule has 1 fully saturated rings. The molecule has 0 aliphatic carbocycles. The van der Waals surface area contributed by atoms with Gasteiger partial charge in [0.05, 0.1) is 25.7 Å². The predicted molar refractivity (Wildman–Crippen MR) is 113 cm³/mol. The van der Waals surface area contributed by atoms with Crippen molar-refractivity contribution in [3.63, 3.8) is 0 Å². The van der Waals surface area contributed by atoms with Crippen molar-refractivity contribution >= 4 is 23.2 Å². The number of H-pyrrole nitrogens is 1. The second kappa shape index (κ2) is 8.78. The third kappa shape index (κ3) is 4.00. The van der Waals surface area contributed by atoms with Gasteiger partial charge in [-0.05, 0) is 43.5 Å². The van der Waals surface area contributed by atoms with Crippen LogP contribution in [0.4, 0.5) is 0 Å². The maximum absolute atomic E-state index is 12.5. The van der Waals surface area contributed by atoms with E-state index in [-0.39, 0.29) is 17.2 Å². The van der Waals surface area contributed by atoms with E-state index in [1.165, 1.54) is 22.7 Å². The van der Waals surface area contributed by atoms with E-state index in [2.05, 4.69) is 15.3 Å². The molecule has 9 nitrogen and oxygen atoms in total. The Hall–Kier alpha value is -3.01. The highest BCUT2D eigenvalue weighted by Gasteiger charge is 2.19. The second-order valence-electron chi connectivity index (χ2n) is 6.96. The molecule has 1 N–H and O–H groups in total. The quantitative estimate of drug-likeness (QED) is 0.600. The van der Waals surface area contributed by atoms with Gasteiger partial charge in [-0.2, -0.15) is 5.10 Å². The van der Waals surface area contributed by atoms with Crippen molar-refractivity contribution < 1.29 is 14.3 Å². The van der Waals surface area contributed by atoms with Crippen LogP contribution >= 0.6 is 11.8 Å². The van der Waals surface area contributed by atoms with Gasteiger partial charge < -0.3 is 14.4 Å². The number of benzene rings is 1. The topological polar surface area (TPSA) is 102 Å². The molecular formula is C20H23N5O4S. The number of carbonyl (C=O) groups excluding carboxylic acids is 1. The first-order valence-electron chi connectivity index (χ1n) is 9.72. The minimum Gasteiger partial charge on any atom is -0.493 e. The number of piperidine rings is 1. The molecule has 1 saturated heterocycles. The number of amides is 1. The van der Waals surface area contributed by atoms with Crippen molar-refractivity contribution in [2.24, 2.45) is 0 Å². The van der Waals surface area contributed by atoms with Crippen molar-refractivity contribution in [3.05, 3.63) is 34.6 Å². The van der Waals surface area contributed by atoms with Gasteiger partial charge in [-0.1, -0.05) is 11.8 Å². The number of rotatable bonds is 6. The van der Waals surface area contributed by atoms with Gasteiger partial charge in [0, 0.05) is 18.7 Å². The summed E-state index contributed by atoms with van der Waals surface area (Å²) in [6, 6.07) is 7.12. The molecule has 0 spiro atoms. The maximum Gasteiger partial charge on any atom is 0.290 e. The van der Waals surface area contributed by atoms with Crippen LogP contribution in [0.2, 0.25) is 0 Å². The zero-order chi connectivity index (χ0) is 21.1. The number of nitrogens with one attached hydrogen (secondary N) is 1. The molecule has 0 unspecified atom stereocenters. The summed E-state index contributed by atoms with van der Waals surface area (Å²) in [5, 5.41) is 11.6. The molecule has 0 saturated carbocycles. The number of fused-ring (bicyclic) bond motifs is 1. The monoisotopic (exact) mass is 429 g/mol. The van der Waals surface area contributed by atoms with Crippen LogP contribution in [-0.4, -0.2) is 63.7 Å². The Bertz CT molecular complexity index is 1120. The average molecular weight is 430 g/mol. The molecule has 158 valence electrons. The molecule has 0 bridgehead atoms. The van der Waals surface area contributed by atoms with Crippen LogP contribution in [0.1, 0.15) is 19.3 Å². The van der Waals surface area contributed by atoms with Crippen LogP contribution in [0.3, 0.4) is 0 Å². The number of hydrogen-bond acceptors (Lipinski definition) is 7. The van der Waals surface area contributed by atoms with E-state index in [1.807, 2.05) is 11.0 Å². The minimum absolute atomic E-state index is 0.0770. The third-order valence-electron chi connectivity index (χ3n) is 5.09. The van der Waals surface area contributed by atoms with Crippen molar-refractivity contribution in [2.45, 2.75) is 24.4 Å². The summed E-state index contributed by atoms with van der Waals surface area (Å²) in [7, 11) is 3.14. The standard InChI is InChI=1S/C20H23N5O4S/c1-28-16-7-6-13(10-17(16)29-2)14-11-15-19(27)21-22-20(25(15)23-14)30-12-18(26)24-8-4-3-5-9-24/h6-7,10-11H,3-5,8-9,12H2,1-2H3,(H,21,27). The maximum atomic E-state index is 12.5. The fraction of sp³-hybridized carbons (Fsp3) is 0.400. The number of nitrogens with zero attached hydrogens (tertiary/aromatic N) is 4. The Morgan fingerprint density at radius 3 is 2.63 bits per heavy atom. The van der Waals surface area contributed by atoms with E-state index in [0.717, 1.165) is 31.5 Å². The summed E-state index contributed by atoms with van der Waals surface area (Å²) in [5.74, 6) is 1.51. The Labute approximate surface area is 177 Å². The van der Waals surface area contributed by atoms with Crippen molar-refractivity contribution in [1.29, 1.82) is 0 Å². The van der Waals surface area contributed by atoms with Gasteiger partial charge >= 0.3 is 0 Å². The molecule has 2 aromatic heterocycles. The molecule has 1 amide bonds. The van der Waals surface area contributed by atoms with E-state index in [0.29, 0.717) is 27.9 Å². The van der Waals surface area contributed by atoms with E-state index >= 15 is 0 Å². The Morgan fingerprint density at radius 2 is 1.90 bits per heavy atom. The Balaban J connectivity index is 1.62. The smallest absolute Gasteiger partial charge is 0.290 e. The Kier molecular flexibility index (Phi) is 5.93. The van der Waals surface area contributed by atoms with Crippen LogP contribution in [0, 0.1) is 0 Å². The van der Waals surface area contributed by atoms with Crippen LogP contribution in [0.15, 0.2) is 34.2 Å². The first kappa shape index (κ1) is 20.3. The largest absolute Gasteiger partial charge is 0.493 e. The van der Waals surface area contributed by atoms with Gasteiger partial charge in [-0.25, -0.2) is 9.61 Å². The predicted octanol–water partition coefficient (Wildman–Crippen LogP) is 2.21. The van der Waals surface area contributed by atoms with Gasteiger partial charge in [0.2, 0.25) is 11.1 Å². The highest BCUT2D eigenvalue weighted by molar-refractivity contribution is 7.99. The van der Waals surface area contributed by atoms with E-state index in [4.69, 9.17) is 9.47 Å². The molecule has 1 aliphatic heterocycles. The normalized spacial score (nSPS) is 14.1. The lowest BCUT2D eigenvalue weighted by molar-refractivity contribution is -0.129. The fourth-order valence-electron chi connectivity index (χ4n) is 3.48.